The molecule has 1 aromatic carbocycles. The summed E-state index contributed by atoms with van der Waals surface area (Å²) in [6, 6.07) is 8.93. The lowest BCUT2D eigenvalue weighted by molar-refractivity contribution is 0.0569. The summed E-state index contributed by atoms with van der Waals surface area (Å²) >= 11 is 1.94. The fourth-order valence-electron chi connectivity index (χ4n) is 2.66. The van der Waals surface area contributed by atoms with Gasteiger partial charge in [-0.15, -0.1) is 0 Å². The van der Waals surface area contributed by atoms with Gasteiger partial charge in [0, 0.05) is 11.5 Å². The molecule has 1 saturated carbocycles. The maximum absolute atomic E-state index is 6.30. The first-order valence-electron chi connectivity index (χ1n) is 6.89. The summed E-state index contributed by atoms with van der Waals surface area (Å²) in [4.78, 5) is 0. The fraction of sp³-hybridized carbons (Fsp3) is 0.600. The number of hydrogen-bond acceptors (Lipinski definition) is 3. The summed E-state index contributed by atoms with van der Waals surface area (Å²) in [5.41, 5.74) is 9.00. The number of benzene rings is 1. The van der Waals surface area contributed by atoms with Crippen molar-refractivity contribution in [2.24, 2.45) is 5.73 Å². The molecule has 2 aliphatic rings. The molecule has 1 aliphatic heterocycles. The molecule has 0 spiro atoms. The molecule has 0 bridgehead atoms. The molecule has 3 rings (SSSR count). The molecule has 18 heavy (non-hydrogen) atoms. The van der Waals surface area contributed by atoms with Gasteiger partial charge in [0.2, 0.25) is 0 Å². The lowest BCUT2D eigenvalue weighted by Gasteiger charge is -2.29. The van der Waals surface area contributed by atoms with Crippen LogP contribution < -0.4 is 5.73 Å². The maximum Gasteiger partial charge on any atom is 0.0858 e. The Morgan fingerprint density at radius 3 is 2.56 bits per heavy atom. The van der Waals surface area contributed by atoms with Crippen LogP contribution in [0.3, 0.4) is 0 Å². The van der Waals surface area contributed by atoms with Crippen LogP contribution in [0.25, 0.3) is 0 Å². The molecule has 2 fully saturated rings. The van der Waals surface area contributed by atoms with Crippen molar-refractivity contribution >= 4 is 11.8 Å². The molecule has 3 heteroatoms. The lowest BCUT2D eigenvalue weighted by atomic mass is 9.80. The van der Waals surface area contributed by atoms with Crippen LogP contribution >= 0.6 is 11.8 Å². The van der Waals surface area contributed by atoms with Gasteiger partial charge in [0.1, 0.15) is 0 Å². The zero-order valence-electron chi connectivity index (χ0n) is 10.7. The van der Waals surface area contributed by atoms with E-state index in [1.54, 1.807) is 0 Å². The minimum atomic E-state index is 0.0215. The van der Waals surface area contributed by atoms with Crippen molar-refractivity contribution in [1.29, 1.82) is 0 Å². The van der Waals surface area contributed by atoms with Crippen molar-refractivity contribution in [1.82, 2.24) is 0 Å². The van der Waals surface area contributed by atoms with Gasteiger partial charge in [-0.25, -0.2) is 0 Å². The smallest absolute Gasteiger partial charge is 0.0858 e. The Bertz CT molecular complexity index is 382. The first-order chi connectivity index (χ1) is 8.84. The van der Waals surface area contributed by atoms with Crippen LogP contribution in [0.15, 0.2) is 24.3 Å². The second-order valence-corrected chi connectivity index (χ2v) is 6.45. The highest BCUT2D eigenvalue weighted by Gasteiger charge is 2.24. The molecule has 1 heterocycles. The molecule has 1 aliphatic carbocycles. The third-order valence-electron chi connectivity index (χ3n) is 4.14. The van der Waals surface area contributed by atoms with E-state index < -0.39 is 0 Å². The minimum Gasteiger partial charge on any atom is -0.375 e. The average Bonchev–Trinajstić information content (AvgIpc) is 2.38. The zero-order chi connectivity index (χ0) is 12.4. The molecular weight excluding hydrogens is 242 g/mol. The van der Waals surface area contributed by atoms with Crippen molar-refractivity contribution in [3.05, 3.63) is 35.4 Å². The van der Waals surface area contributed by atoms with Crippen molar-refractivity contribution < 1.29 is 4.74 Å². The first kappa shape index (κ1) is 12.5. The van der Waals surface area contributed by atoms with E-state index in [4.69, 9.17) is 10.5 Å². The lowest BCUT2D eigenvalue weighted by Crippen LogP contribution is -2.34. The summed E-state index contributed by atoms with van der Waals surface area (Å²) in [6.07, 6.45) is 4.28. The van der Waals surface area contributed by atoms with Crippen molar-refractivity contribution in [3.63, 3.8) is 0 Å². The highest BCUT2D eigenvalue weighted by molar-refractivity contribution is 7.99. The summed E-state index contributed by atoms with van der Waals surface area (Å²) in [7, 11) is 0. The molecule has 0 amide bonds. The summed E-state index contributed by atoms with van der Waals surface area (Å²) in [5, 5.41) is 0. The average molecular weight is 263 g/mol. The van der Waals surface area contributed by atoms with Gasteiger partial charge in [0.05, 0.1) is 18.8 Å². The van der Waals surface area contributed by atoms with Gasteiger partial charge in [-0.3, -0.25) is 0 Å². The number of ether oxygens (including phenoxy) is 1. The Morgan fingerprint density at radius 2 is 2.00 bits per heavy atom. The molecule has 1 aromatic rings. The Hall–Kier alpha value is -0.510. The van der Waals surface area contributed by atoms with E-state index in [9.17, 15) is 0 Å². The van der Waals surface area contributed by atoms with Gasteiger partial charge in [-0.2, -0.15) is 11.8 Å². The van der Waals surface area contributed by atoms with Gasteiger partial charge in [0.25, 0.3) is 0 Å². The van der Waals surface area contributed by atoms with Crippen LogP contribution in [0.1, 0.15) is 42.3 Å². The highest BCUT2D eigenvalue weighted by Crippen LogP contribution is 2.36. The van der Waals surface area contributed by atoms with Gasteiger partial charge < -0.3 is 10.5 Å². The van der Waals surface area contributed by atoms with Gasteiger partial charge in [-0.1, -0.05) is 30.7 Å². The third-order valence-corrected chi connectivity index (χ3v) is 5.16. The Kier molecular flexibility index (Phi) is 3.92. The highest BCUT2D eigenvalue weighted by atomic mass is 32.2. The molecule has 2 N–H and O–H groups in total. The molecule has 0 radical (unpaired) electrons. The monoisotopic (exact) mass is 263 g/mol. The van der Waals surface area contributed by atoms with E-state index in [0.717, 1.165) is 24.0 Å². The number of nitrogens with two attached hydrogens (primary N) is 1. The molecule has 98 valence electrons. The van der Waals surface area contributed by atoms with Crippen LogP contribution in [-0.2, 0) is 4.74 Å². The normalized spacial score (nSPS) is 26.6. The van der Waals surface area contributed by atoms with Gasteiger partial charge >= 0.3 is 0 Å². The van der Waals surface area contributed by atoms with Crippen molar-refractivity contribution in [2.75, 3.05) is 18.1 Å². The predicted octanol–water partition coefficient (Wildman–Crippen LogP) is 3.09. The second kappa shape index (κ2) is 5.64. The van der Waals surface area contributed by atoms with Crippen LogP contribution in [0.4, 0.5) is 0 Å². The number of rotatable bonds is 3. The van der Waals surface area contributed by atoms with Crippen LogP contribution in [0.2, 0.25) is 0 Å². The first-order valence-corrected chi connectivity index (χ1v) is 8.05. The van der Waals surface area contributed by atoms with E-state index in [2.05, 4.69) is 24.3 Å². The predicted molar refractivity (Wildman–Crippen MR) is 77.0 cm³/mol. The fourth-order valence-corrected chi connectivity index (χ4v) is 3.58. The maximum atomic E-state index is 6.30. The van der Waals surface area contributed by atoms with E-state index >= 15 is 0 Å². The number of hydrogen-bond donors (Lipinski definition) is 1. The van der Waals surface area contributed by atoms with Crippen LogP contribution in [-0.4, -0.2) is 24.2 Å². The topological polar surface area (TPSA) is 35.2 Å². The van der Waals surface area contributed by atoms with Gasteiger partial charge in [0.15, 0.2) is 0 Å². The Balaban J connectivity index is 1.67. The zero-order valence-corrected chi connectivity index (χ0v) is 11.5. The molecule has 2 atom stereocenters. The minimum absolute atomic E-state index is 0.0215. The molecular formula is C15H21NOS. The molecule has 0 aromatic heterocycles. The summed E-state index contributed by atoms with van der Waals surface area (Å²) < 4.78 is 5.76. The molecule has 2 unspecified atom stereocenters. The van der Waals surface area contributed by atoms with E-state index in [1.807, 2.05) is 11.8 Å². The third kappa shape index (κ3) is 2.58. The molecule has 1 saturated heterocycles. The van der Waals surface area contributed by atoms with Crippen molar-refractivity contribution in [3.8, 4) is 0 Å². The largest absolute Gasteiger partial charge is 0.375 e. The Labute approximate surface area is 113 Å². The second-order valence-electron chi connectivity index (χ2n) is 5.30. The van der Waals surface area contributed by atoms with Gasteiger partial charge in [-0.05, 0) is 29.9 Å². The van der Waals surface area contributed by atoms with Crippen LogP contribution in [0, 0.1) is 0 Å². The van der Waals surface area contributed by atoms with Crippen molar-refractivity contribution in [2.45, 2.75) is 37.3 Å². The van der Waals surface area contributed by atoms with E-state index in [0.29, 0.717) is 0 Å². The standard InChI is InChI=1S/C15H21NOS/c16-15(14-10-18-9-8-17-14)13-6-4-12(5-7-13)11-2-1-3-11/h4-7,11,14-15H,1-3,8-10,16H2. The summed E-state index contributed by atoms with van der Waals surface area (Å²) in [6.45, 7) is 0.836. The Morgan fingerprint density at radius 1 is 1.22 bits per heavy atom. The SMILES string of the molecule is NC(c1ccc(C2CCC2)cc1)C1CSCCO1. The quantitative estimate of drug-likeness (QED) is 0.910. The summed E-state index contributed by atoms with van der Waals surface area (Å²) in [5.74, 6) is 2.92. The number of thioether (sulfide) groups is 1. The van der Waals surface area contributed by atoms with E-state index in [1.165, 1.54) is 30.4 Å². The molecule has 2 nitrogen and oxygen atoms in total. The van der Waals surface area contributed by atoms with E-state index in [-0.39, 0.29) is 12.1 Å². The van der Waals surface area contributed by atoms with Crippen LogP contribution in [0.5, 0.6) is 0 Å².